The molecule has 40 heavy (non-hydrogen) atoms. The van der Waals surface area contributed by atoms with Crippen molar-refractivity contribution >= 4 is 12.2 Å². The first-order valence-corrected chi connectivity index (χ1v) is 16.1. The highest BCUT2D eigenvalue weighted by Gasteiger charge is 2.55. The van der Waals surface area contributed by atoms with Gasteiger partial charge in [0.15, 0.2) is 0 Å². The van der Waals surface area contributed by atoms with E-state index in [2.05, 4.69) is 116 Å². The maximum absolute atomic E-state index is 6.63. The van der Waals surface area contributed by atoms with Crippen molar-refractivity contribution in [2.75, 3.05) is 0 Å². The zero-order valence-corrected chi connectivity index (χ0v) is 26.0. The molecule has 0 amide bonds. The average molecular weight is 539 g/mol. The van der Waals surface area contributed by atoms with Crippen LogP contribution in [0.25, 0.3) is 12.2 Å². The fourth-order valence-corrected chi connectivity index (χ4v) is 9.76. The lowest BCUT2D eigenvalue weighted by molar-refractivity contribution is -0.0988. The van der Waals surface area contributed by atoms with Crippen LogP contribution in [0.4, 0.5) is 0 Å². The summed E-state index contributed by atoms with van der Waals surface area (Å²) < 4.78 is 13.3. The van der Waals surface area contributed by atoms with E-state index in [4.69, 9.17) is 9.47 Å². The van der Waals surface area contributed by atoms with Gasteiger partial charge in [0.1, 0.15) is 0 Å². The topological polar surface area (TPSA) is 18.5 Å². The molecule has 2 saturated carbocycles. The third-order valence-corrected chi connectivity index (χ3v) is 11.5. The van der Waals surface area contributed by atoms with Crippen LogP contribution in [0.2, 0.25) is 0 Å². The number of hydrogen-bond donors (Lipinski definition) is 0. The van der Waals surface area contributed by atoms with Gasteiger partial charge in [-0.15, -0.1) is 0 Å². The molecule has 1 aromatic carbocycles. The largest absolute Gasteiger partial charge is 0.372 e. The molecule has 2 nitrogen and oxygen atoms in total. The summed E-state index contributed by atoms with van der Waals surface area (Å²) in [6.45, 7) is 18.1. The van der Waals surface area contributed by atoms with E-state index < -0.39 is 0 Å². The van der Waals surface area contributed by atoms with Gasteiger partial charge in [0, 0.05) is 22.7 Å². The molecule has 0 saturated heterocycles. The molecule has 214 valence electrons. The van der Waals surface area contributed by atoms with E-state index in [1.165, 1.54) is 24.0 Å². The number of ether oxygens (including phenoxy) is 2. The van der Waals surface area contributed by atoms with Crippen LogP contribution in [0.1, 0.15) is 115 Å². The molecule has 0 radical (unpaired) electrons. The van der Waals surface area contributed by atoms with E-state index in [9.17, 15) is 0 Å². The quantitative estimate of drug-likeness (QED) is 0.349. The minimum Gasteiger partial charge on any atom is -0.372 e. The van der Waals surface area contributed by atoms with E-state index in [1.807, 2.05) is 0 Å². The molecule has 6 aliphatic rings. The third kappa shape index (κ3) is 4.10. The summed E-state index contributed by atoms with van der Waals surface area (Å²) in [7, 11) is 0. The molecule has 7 rings (SSSR count). The van der Waals surface area contributed by atoms with Crippen molar-refractivity contribution in [2.24, 2.45) is 34.5 Å². The van der Waals surface area contributed by atoms with Crippen LogP contribution in [0.3, 0.4) is 0 Å². The van der Waals surface area contributed by atoms with Gasteiger partial charge in [-0.3, -0.25) is 0 Å². The SMILES string of the molecule is CC(C)(C)O[C@H]1CC[C@H]2[C@@H]3C=Cc4cc5c(cc4[C@@H]3C=C[C@]12C)[C@@H]1C=C[C@]2(C)[C@@H](OC(C)(C)C)CC[C@H]2[C@@H]1C=C5. The van der Waals surface area contributed by atoms with Gasteiger partial charge < -0.3 is 9.47 Å². The average Bonchev–Trinajstić information content (AvgIpc) is 3.37. The fraction of sp³-hybridized carbons (Fsp3) is 0.632. The summed E-state index contributed by atoms with van der Waals surface area (Å²) in [5, 5.41) is 0. The van der Waals surface area contributed by atoms with Crippen LogP contribution in [-0.4, -0.2) is 23.4 Å². The van der Waals surface area contributed by atoms with E-state index in [1.54, 1.807) is 11.1 Å². The van der Waals surface area contributed by atoms with Gasteiger partial charge in [-0.2, -0.15) is 0 Å². The summed E-state index contributed by atoms with van der Waals surface area (Å²) in [6, 6.07) is 5.09. The van der Waals surface area contributed by atoms with Crippen LogP contribution in [-0.2, 0) is 9.47 Å². The van der Waals surface area contributed by atoms with Crippen molar-refractivity contribution in [2.45, 2.75) is 116 Å². The number of rotatable bonds is 2. The van der Waals surface area contributed by atoms with Crippen molar-refractivity contribution in [3.05, 3.63) is 70.8 Å². The fourth-order valence-electron chi connectivity index (χ4n) is 9.76. The standard InChI is InChI=1S/C38H50O2/c1-35(2,3)39-33-15-13-31-27-11-9-23-21-24-10-12-28-26(30(24)22-29(23)25(27)17-19-37(31,33)7)18-20-38(8)32(28)14-16-34(38)40-36(4,5)6/h9-12,17-22,25-28,31-34H,13-16H2,1-8H3/t25-,26-,27-,28-,31+,32+,33+,34+,37+,38+/m1/s1. The van der Waals surface area contributed by atoms with Crippen molar-refractivity contribution < 1.29 is 9.47 Å². The second kappa shape index (κ2) is 8.81. The van der Waals surface area contributed by atoms with Gasteiger partial charge >= 0.3 is 0 Å². The highest BCUT2D eigenvalue weighted by molar-refractivity contribution is 5.70. The molecule has 1 aromatic rings. The lowest BCUT2D eigenvalue weighted by Gasteiger charge is -2.47. The minimum absolute atomic E-state index is 0.104. The van der Waals surface area contributed by atoms with Crippen molar-refractivity contribution in [3.63, 3.8) is 0 Å². The Balaban J connectivity index is 1.22. The summed E-state index contributed by atoms with van der Waals surface area (Å²) in [6.07, 6.45) is 25.6. The second-order valence-corrected chi connectivity index (χ2v) is 16.3. The summed E-state index contributed by atoms with van der Waals surface area (Å²) in [5.41, 5.74) is 5.94. The number of hydrogen-bond acceptors (Lipinski definition) is 2. The minimum atomic E-state index is -0.104. The van der Waals surface area contributed by atoms with Crippen molar-refractivity contribution in [1.29, 1.82) is 0 Å². The first-order valence-electron chi connectivity index (χ1n) is 16.1. The molecule has 2 heteroatoms. The Morgan fingerprint density at radius 2 is 1.02 bits per heavy atom. The van der Waals surface area contributed by atoms with E-state index in [0.29, 0.717) is 47.7 Å². The number of fused-ring (bicyclic) bond motifs is 10. The molecule has 10 atom stereocenters. The molecule has 2 fully saturated rings. The summed E-state index contributed by atoms with van der Waals surface area (Å²) >= 11 is 0. The van der Waals surface area contributed by atoms with Gasteiger partial charge in [-0.05, 0) is 119 Å². The molecule has 0 unspecified atom stereocenters. The van der Waals surface area contributed by atoms with E-state index in [-0.39, 0.29) is 22.0 Å². The maximum Gasteiger partial charge on any atom is 0.0673 e. The zero-order chi connectivity index (χ0) is 28.2. The summed E-state index contributed by atoms with van der Waals surface area (Å²) in [5.74, 6) is 3.32. The number of allylic oxidation sites excluding steroid dienone is 4. The van der Waals surface area contributed by atoms with Gasteiger partial charge in [-0.1, -0.05) is 68.5 Å². The van der Waals surface area contributed by atoms with Gasteiger partial charge in [0.05, 0.1) is 23.4 Å². The number of benzene rings is 1. The Hall–Kier alpha value is -1.90. The zero-order valence-electron chi connectivity index (χ0n) is 26.0. The van der Waals surface area contributed by atoms with Gasteiger partial charge in [0.25, 0.3) is 0 Å². The Morgan fingerprint density at radius 1 is 0.600 bits per heavy atom. The molecule has 6 aliphatic carbocycles. The van der Waals surface area contributed by atoms with Crippen LogP contribution in [0, 0.1) is 34.5 Å². The Kier molecular flexibility index (Phi) is 5.94. The lowest BCUT2D eigenvalue weighted by atomic mass is 9.58. The van der Waals surface area contributed by atoms with Crippen LogP contribution in [0.15, 0.2) is 48.6 Å². The predicted molar refractivity (Wildman–Crippen MR) is 166 cm³/mol. The highest BCUT2D eigenvalue weighted by atomic mass is 16.5. The van der Waals surface area contributed by atoms with Gasteiger partial charge in [0.2, 0.25) is 0 Å². The smallest absolute Gasteiger partial charge is 0.0673 e. The highest BCUT2D eigenvalue weighted by Crippen LogP contribution is 2.61. The molecular weight excluding hydrogens is 488 g/mol. The lowest BCUT2D eigenvalue weighted by Crippen LogP contribution is -2.43. The molecule has 0 aromatic heterocycles. The third-order valence-electron chi connectivity index (χ3n) is 11.5. The second-order valence-electron chi connectivity index (χ2n) is 16.3. The normalized spacial score (nSPS) is 42.6. The Morgan fingerprint density at radius 3 is 1.43 bits per heavy atom. The van der Waals surface area contributed by atoms with Crippen LogP contribution in [0.5, 0.6) is 0 Å². The molecular formula is C38H50O2. The van der Waals surface area contributed by atoms with Crippen molar-refractivity contribution in [3.8, 4) is 0 Å². The monoisotopic (exact) mass is 538 g/mol. The Bertz CT molecular complexity index is 1220. The maximum atomic E-state index is 6.63. The summed E-state index contributed by atoms with van der Waals surface area (Å²) in [4.78, 5) is 0. The predicted octanol–water partition coefficient (Wildman–Crippen LogP) is 9.48. The first-order chi connectivity index (χ1) is 18.8. The first kappa shape index (κ1) is 27.0. The molecule has 0 heterocycles. The Labute approximate surface area is 243 Å². The van der Waals surface area contributed by atoms with Gasteiger partial charge in [-0.25, -0.2) is 0 Å². The van der Waals surface area contributed by atoms with Crippen molar-refractivity contribution in [1.82, 2.24) is 0 Å². The molecule has 0 spiro atoms. The van der Waals surface area contributed by atoms with E-state index >= 15 is 0 Å². The molecule has 0 bridgehead atoms. The van der Waals surface area contributed by atoms with Crippen LogP contribution >= 0.6 is 0 Å². The molecule has 0 aliphatic heterocycles. The molecule has 0 N–H and O–H groups in total. The van der Waals surface area contributed by atoms with Crippen LogP contribution < -0.4 is 0 Å². The van der Waals surface area contributed by atoms with E-state index in [0.717, 1.165) is 12.8 Å².